The van der Waals surface area contributed by atoms with E-state index in [0.29, 0.717) is 6.04 Å². The Labute approximate surface area is 119 Å². The van der Waals surface area contributed by atoms with Crippen molar-refractivity contribution in [3.8, 4) is 0 Å². The third kappa shape index (κ3) is 5.05. The number of rotatable bonds is 6. The minimum Gasteiger partial charge on any atom is -0.312 e. The van der Waals surface area contributed by atoms with E-state index in [1.807, 2.05) is 0 Å². The summed E-state index contributed by atoms with van der Waals surface area (Å²) in [6.07, 6.45) is 8.22. The van der Waals surface area contributed by atoms with Gasteiger partial charge in [0.25, 0.3) is 0 Å². The Hall–Kier alpha value is -0.120. The molecule has 2 saturated heterocycles. The highest BCUT2D eigenvalue weighted by molar-refractivity contribution is 4.80. The Morgan fingerprint density at radius 1 is 1.05 bits per heavy atom. The van der Waals surface area contributed by atoms with Crippen molar-refractivity contribution in [3.63, 3.8) is 0 Å². The fraction of sp³-hybridized carbons (Fsp3) is 1.00. The largest absolute Gasteiger partial charge is 0.312 e. The van der Waals surface area contributed by atoms with Gasteiger partial charge in [0.2, 0.25) is 0 Å². The quantitative estimate of drug-likeness (QED) is 0.797. The Kier molecular flexibility index (Phi) is 6.62. The van der Waals surface area contributed by atoms with Crippen molar-refractivity contribution in [2.45, 2.75) is 64.5 Å². The first-order valence-corrected chi connectivity index (χ1v) is 8.49. The van der Waals surface area contributed by atoms with Crippen molar-refractivity contribution in [2.24, 2.45) is 0 Å². The van der Waals surface area contributed by atoms with Gasteiger partial charge in [-0.2, -0.15) is 0 Å². The van der Waals surface area contributed by atoms with E-state index in [-0.39, 0.29) is 0 Å². The van der Waals surface area contributed by atoms with Crippen LogP contribution in [0.4, 0.5) is 0 Å². The maximum Gasteiger partial charge on any atom is 0.0192 e. The first-order chi connectivity index (χ1) is 9.29. The topological polar surface area (TPSA) is 18.5 Å². The van der Waals surface area contributed by atoms with E-state index >= 15 is 0 Å². The molecule has 3 nitrogen and oxygen atoms in total. The average Bonchev–Trinajstić information content (AvgIpc) is 2.47. The number of hydrogen-bond donors (Lipinski definition) is 1. The molecule has 3 heteroatoms. The monoisotopic (exact) mass is 267 g/mol. The van der Waals surface area contributed by atoms with Gasteiger partial charge < -0.3 is 10.2 Å². The fourth-order valence-corrected chi connectivity index (χ4v) is 3.50. The van der Waals surface area contributed by atoms with E-state index in [0.717, 1.165) is 6.04 Å². The molecule has 2 fully saturated rings. The Morgan fingerprint density at radius 2 is 1.74 bits per heavy atom. The molecule has 2 aliphatic rings. The van der Waals surface area contributed by atoms with Crippen LogP contribution in [0.5, 0.6) is 0 Å². The van der Waals surface area contributed by atoms with E-state index in [9.17, 15) is 0 Å². The van der Waals surface area contributed by atoms with Crippen molar-refractivity contribution in [1.82, 2.24) is 15.1 Å². The lowest BCUT2D eigenvalue weighted by Crippen LogP contribution is -2.48. The molecule has 0 saturated carbocycles. The van der Waals surface area contributed by atoms with Gasteiger partial charge in [-0.15, -0.1) is 0 Å². The molecule has 0 aromatic carbocycles. The van der Waals surface area contributed by atoms with Gasteiger partial charge in [0.15, 0.2) is 0 Å². The summed E-state index contributed by atoms with van der Waals surface area (Å²) < 4.78 is 0. The summed E-state index contributed by atoms with van der Waals surface area (Å²) in [4.78, 5) is 5.29. The molecule has 0 bridgehead atoms. The van der Waals surface area contributed by atoms with E-state index in [2.05, 4.69) is 29.0 Å². The smallest absolute Gasteiger partial charge is 0.0192 e. The van der Waals surface area contributed by atoms with Crippen LogP contribution in [0.25, 0.3) is 0 Å². The predicted octanol–water partition coefficient (Wildman–Crippen LogP) is 2.32. The van der Waals surface area contributed by atoms with Crippen LogP contribution in [-0.2, 0) is 0 Å². The van der Waals surface area contributed by atoms with Crippen LogP contribution in [0.3, 0.4) is 0 Å². The van der Waals surface area contributed by atoms with Crippen LogP contribution in [-0.4, -0.2) is 61.2 Å². The summed E-state index contributed by atoms with van der Waals surface area (Å²) in [5.74, 6) is 0. The second-order valence-corrected chi connectivity index (χ2v) is 6.47. The van der Waals surface area contributed by atoms with Gasteiger partial charge in [0.1, 0.15) is 0 Å². The third-order valence-electron chi connectivity index (χ3n) is 4.84. The van der Waals surface area contributed by atoms with Gasteiger partial charge in [-0.05, 0) is 71.8 Å². The highest BCUT2D eigenvalue weighted by Crippen LogP contribution is 2.13. The van der Waals surface area contributed by atoms with Crippen molar-refractivity contribution < 1.29 is 0 Å². The Morgan fingerprint density at radius 3 is 2.37 bits per heavy atom. The molecule has 0 amide bonds. The van der Waals surface area contributed by atoms with Crippen LogP contribution < -0.4 is 5.32 Å². The van der Waals surface area contributed by atoms with Crippen molar-refractivity contribution in [3.05, 3.63) is 0 Å². The molecule has 19 heavy (non-hydrogen) atoms. The molecule has 112 valence electrons. The van der Waals surface area contributed by atoms with Crippen LogP contribution in [0, 0.1) is 0 Å². The summed E-state index contributed by atoms with van der Waals surface area (Å²) >= 11 is 0. The van der Waals surface area contributed by atoms with Crippen molar-refractivity contribution in [1.29, 1.82) is 0 Å². The molecule has 2 rings (SSSR count). The molecular formula is C16H33N3. The molecule has 0 radical (unpaired) electrons. The maximum absolute atomic E-state index is 3.81. The second kappa shape index (κ2) is 8.23. The third-order valence-corrected chi connectivity index (χ3v) is 4.84. The van der Waals surface area contributed by atoms with Gasteiger partial charge in [-0.1, -0.05) is 13.3 Å². The van der Waals surface area contributed by atoms with Gasteiger partial charge >= 0.3 is 0 Å². The van der Waals surface area contributed by atoms with Crippen LogP contribution in [0.2, 0.25) is 0 Å². The van der Waals surface area contributed by atoms with Crippen LogP contribution >= 0.6 is 0 Å². The van der Waals surface area contributed by atoms with Crippen molar-refractivity contribution >= 4 is 0 Å². The van der Waals surface area contributed by atoms with Crippen LogP contribution in [0.1, 0.15) is 52.4 Å². The first kappa shape index (κ1) is 15.3. The zero-order valence-corrected chi connectivity index (χ0v) is 13.0. The number of nitrogens with one attached hydrogen (secondary N) is 1. The van der Waals surface area contributed by atoms with Gasteiger partial charge in [0, 0.05) is 18.6 Å². The molecule has 1 unspecified atom stereocenters. The van der Waals surface area contributed by atoms with E-state index in [4.69, 9.17) is 0 Å². The van der Waals surface area contributed by atoms with E-state index < -0.39 is 0 Å². The Bertz CT molecular complexity index is 230. The number of hydrogen-bond acceptors (Lipinski definition) is 3. The molecular weight excluding hydrogens is 234 g/mol. The minimum atomic E-state index is 0.717. The summed E-state index contributed by atoms with van der Waals surface area (Å²) in [5.41, 5.74) is 0. The minimum absolute atomic E-state index is 0.717. The molecule has 1 atom stereocenters. The van der Waals surface area contributed by atoms with E-state index in [1.165, 1.54) is 77.8 Å². The fourth-order valence-electron chi connectivity index (χ4n) is 3.50. The lowest BCUT2D eigenvalue weighted by molar-refractivity contribution is 0.155. The predicted molar refractivity (Wildman–Crippen MR) is 82.6 cm³/mol. The Balaban J connectivity index is 1.60. The van der Waals surface area contributed by atoms with Gasteiger partial charge in [-0.25, -0.2) is 0 Å². The van der Waals surface area contributed by atoms with Crippen LogP contribution in [0.15, 0.2) is 0 Å². The molecule has 2 aliphatic heterocycles. The molecule has 0 aromatic heterocycles. The highest BCUT2D eigenvalue weighted by Gasteiger charge is 2.20. The summed E-state index contributed by atoms with van der Waals surface area (Å²) in [6, 6.07) is 1.48. The summed E-state index contributed by atoms with van der Waals surface area (Å²) in [6.45, 7) is 12.4. The maximum atomic E-state index is 3.81. The zero-order chi connectivity index (χ0) is 13.5. The van der Waals surface area contributed by atoms with Gasteiger partial charge in [0.05, 0.1) is 0 Å². The van der Waals surface area contributed by atoms with E-state index in [1.54, 1.807) is 0 Å². The number of piperidine rings is 2. The number of likely N-dealkylation sites (tertiary alicyclic amines) is 2. The average molecular weight is 267 g/mol. The summed E-state index contributed by atoms with van der Waals surface area (Å²) in [5, 5.41) is 3.81. The van der Waals surface area contributed by atoms with Crippen molar-refractivity contribution in [2.75, 3.05) is 39.3 Å². The molecule has 2 heterocycles. The second-order valence-electron chi connectivity index (χ2n) is 6.47. The summed E-state index contributed by atoms with van der Waals surface area (Å²) in [7, 11) is 0. The molecule has 1 N–H and O–H groups in total. The first-order valence-electron chi connectivity index (χ1n) is 8.49. The zero-order valence-electron chi connectivity index (χ0n) is 13.0. The molecule has 0 aromatic rings. The number of nitrogens with zero attached hydrogens (tertiary/aromatic N) is 2. The molecule has 0 aliphatic carbocycles. The normalized spacial score (nSPS) is 25.6. The standard InChI is InChI=1S/C16H33N3/c1-3-9-18-12-7-16(8-13-18)17-14-15(2)19-10-5-4-6-11-19/h15-17H,3-14H2,1-2H3. The molecule has 0 spiro atoms. The van der Waals surface area contributed by atoms with Gasteiger partial charge in [-0.3, -0.25) is 4.90 Å². The lowest BCUT2D eigenvalue weighted by atomic mass is 10.0. The highest BCUT2D eigenvalue weighted by atomic mass is 15.2. The SMILES string of the molecule is CCCN1CCC(NCC(C)N2CCCCC2)CC1. The lowest BCUT2D eigenvalue weighted by Gasteiger charge is -2.36.